The van der Waals surface area contributed by atoms with Crippen LogP contribution in [0.5, 0.6) is 0 Å². The van der Waals surface area contributed by atoms with Crippen molar-refractivity contribution in [2.24, 2.45) is 0 Å². The van der Waals surface area contributed by atoms with E-state index in [0.717, 1.165) is 64.2 Å². The van der Waals surface area contributed by atoms with Gasteiger partial charge in [0.25, 0.3) is 0 Å². The fourth-order valence-corrected chi connectivity index (χ4v) is 4.49. The molecule has 0 saturated heterocycles. The third-order valence-corrected chi connectivity index (χ3v) is 7.08. The van der Waals surface area contributed by atoms with Crippen LogP contribution >= 0.6 is 0 Å². The molecule has 1 unspecified atom stereocenters. The van der Waals surface area contributed by atoms with E-state index in [1.165, 1.54) is 64.2 Å². The average Bonchev–Trinajstić information content (AvgIpc) is 3.00. The van der Waals surface area contributed by atoms with Gasteiger partial charge in [0.1, 0.15) is 6.10 Å². The second kappa shape index (κ2) is 35.3. The Bertz CT molecular complexity index is 704. The second-order valence-electron chi connectivity index (χ2n) is 11.2. The Morgan fingerprint density at radius 2 is 1.07 bits per heavy atom. The molecular weight excluding hydrogens is 520 g/mol. The summed E-state index contributed by atoms with van der Waals surface area (Å²) in [6.45, 7) is 5.14. The van der Waals surface area contributed by atoms with Gasteiger partial charge >= 0.3 is 5.97 Å². The number of hydrogen-bond acceptors (Lipinski definition) is 4. The van der Waals surface area contributed by atoms with Gasteiger partial charge in [0, 0.05) is 13.0 Å². The first-order valence-electron chi connectivity index (χ1n) is 17.4. The quantitative estimate of drug-likeness (QED) is 0.0499. The predicted octanol–water partition coefficient (Wildman–Crippen LogP) is 10.9. The fraction of sp³-hybridized carbons (Fsp3) is 0.711. The minimum atomic E-state index is -0.555. The Morgan fingerprint density at radius 1 is 0.595 bits per heavy atom. The summed E-state index contributed by atoms with van der Waals surface area (Å²) in [6.07, 6.45) is 45.4. The summed E-state index contributed by atoms with van der Waals surface area (Å²) in [5.74, 6) is -0.237. The van der Waals surface area contributed by atoms with Crippen LogP contribution in [-0.2, 0) is 14.3 Å². The first-order chi connectivity index (χ1) is 20.7. The number of esters is 1. The van der Waals surface area contributed by atoms with Crippen LogP contribution in [0.15, 0.2) is 60.8 Å². The number of ether oxygens (including phenoxy) is 2. The highest BCUT2D eigenvalue weighted by molar-refractivity contribution is 5.69. The number of unbranched alkanes of at least 4 members (excludes halogenated alkanes) is 13. The average molecular weight is 587 g/mol. The van der Waals surface area contributed by atoms with Crippen LogP contribution in [0.2, 0.25) is 0 Å². The van der Waals surface area contributed by atoms with Crippen molar-refractivity contribution in [3.63, 3.8) is 0 Å². The standard InChI is InChI=1S/C38H66O4/c1-3-5-7-9-11-13-15-17-18-19-20-22-24-26-28-30-32-34-41-36-37(35-39)42-38(40)33-31-29-27-25-23-21-16-14-12-10-8-6-4-2/h6,8,12-15,18-19,21,23,37,39H,3-5,7,9-11,16-17,20,22,24-36H2,1-2H3/b8-6-,14-12-,15-13-,19-18-,23-21-. The van der Waals surface area contributed by atoms with Crippen LogP contribution in [0.1, 0.15) is 149 Å². The maximum atomic E-state index is 12.1. The van der Waals surface area contributed by atoms with Crippen molar-refractivity contribution in [1.82, 2.24) is 0 Å². The van der Waals surface area contributed by atoms with Gasteiger partial charge in [0.05, 0.1) is 13.2 Å². The molecule has 0 bridgehead atoms. The molecule has 0 rings (SSSR count). The van der Waals surface area contributed by atoms with E-state index in [0.29, 0.717) is 13.0 Å². The lowest BCUT2D eigenvalue weighted by Crippen LogP contribution is -2.27. The first-order valence-corrected chi connectivity index (χ1v) is 17.4. The Morgan fingerprint density at radius 3 is 1.62 bits per heavy atom. The van der Waals surface area contributed by atoms with Crippen LogP contribution in [0.25, 0.3) is 0 Å². The first kappa shape index (κ1) is 40.1. The van der Waals surface area contributed by atoms with Crippen molar-refractivity contribution in [2.45, 2.75) is 155 Å². The summed E-state index contributed by atoms with van der Waals surface area (Å²) >= 11 is 0. The molecule has 4 nitrogen and oxygen atoms in total. The van der Waals surface area contributed by atoms with Crippen molar-refractivity contribution in [2.75, 3.05) is 19.8 Å². The summed E-state index contributed by atoms with van der Waals surface area (Å²) in [7, 11) is 0. The van der Waals surface area contributed by atoms with Gasteiger partial charge in [-0.2, -0.15) is 0 Å². The summed E-state index contributed by atoms with van der Waals surface area (Å²) in [4.78, 5) is 12.1. The topological polar surface area (TPSA) is 55.8 Å². The normalized spacial score (nSPS) is 13.1. The van der Waals surface area contributed by atoms with Crippen LogP contribution < -0.4 is 0 Å². The number of aliphatic hydroxyl groups excluding tert-OH is 1. The van der Waals surface area contributed by atoms with Gasteiger partial charge in [0.2, 0.25) is 0 Å². The molecule has 0 aromatic carbocycles. The van der Waals surface area contributed by atoms with E-state index in [4.69, 9.17) is 9.47 Å². The van der Waals surface area contributed by atoms with E-state index < -0.39 is 6.10 Å². The fourth-order valence-electron chi connectivity index (χ4n) is 4.49. The molecule has 242 valence electrons. The Hall–Kier alpha value is -1.91. The smallest absolute Gasteiger partial charge is 0.306 e. The highest BCUT2D eigenvalue weighted by Gasteiger charge is 2.13. The van der Waals surface area contributed by atoms with E-state index in [1.54, 1.807) is 0 Å². The van der Waals surface area contributed by atoms with E-state index in [9.17, 15) is 9.90 Å². The minimum absolute atomic E-state index is 0.191. The minimum Gasteiger partial charge on any atom is -0.457 e. The van der Waals surface area contributed by atoms with Gasteiger partial charge in [-0.15, -0.1) is 0 Å². The van der Waals surface area contributed by atoms with Crippen LogP contribution in [0, 0.1) is 0 Å². The van der Waals surface area contributed by atoms with Gasteiger partial charge in [-0.1, -0.05) is 126 Å². The molecule has 0 aromatic heterocycles. The molecular formula is C38H66O4. The molecule has 0 aliphatic carbocycles. The number of aliphatic hydroxyl groups is 1. The molecule has 0 spiro atoms. The Labute approximate surface area is 260 Å². The van der Waals surface area contributed by atoms with E-state index in [-0.39, 0.29) is 19.2 Å². The summed E-state index contributed by atoms with van der Waals surface area (Å²) < 4.78 is 11.1. The molecule has 4 heteroatoms. The van der Waals surface area contributed by atoms with Crippen LogP contribution in [0.3, 0.4) is 0 Å². The lowest BCUT2D eigenvalue weighted by Gasteiger charge is -2.15. The maximum Gasteiger partial charge on any atom is 0.306 e. The molecule has 0 aliphatic heterocycles. The van der Waals surface area contributed by atoms with Crippen molar-refractivity contribution in [3.05, 3.63) is 60.8 Å². The highest BCUT2D eigenvalue weighted by atomic mass is 16.6. The molecule has 0 saturated carbocycles. The van der Waals surface area contributed by atoms with Gasteiger partial charge < -0.3 is 14.6 Å². The monoisotopic (exact) mass is 586 g/mol. The summed E-state index contributed by atoms with van der Waals surface area (Å²) in [6, 6.07) is 0. The number of rotatable bonds is 31. The number of carbonyl (C=O) groups is 1. The second-order valence-corrected chi connectivity index (χ2v) is 11.2. The van der Waals surface area contributed by atoms with Crippen molar-refractivity contribution < 1.29 is 19.4 Å². The van der Waals surface area contributed by atoms with Gasteiger partial charge in [-0.25, -0.2) is 0 Å². The highest BCUT2D eigenvalue weighted by Crippen LogP contribution is 2.10. The van der Waals surface area contributed by atoms with Crippen LogP contribution in [-0.4, -0.2) is 37.0 Å². The zero-order valence-electron chi connectivity index (χ0n) is 27.5. The summed E-state index contributed by atoms with van der Waals surface area (Å²) in [5.41, 5.74) is 0. The molecule has 0 aliphatic rings. The Kier molecular flexibility index (Phi) is 33.7. The molecule has 1 N–H and O–H groups in total. The maximum absolute atomic E-state index is 12.1. The van der Waals surface area contributed by atoms with Crippen LogP contribution in [0.4, 0.5) is 0 Å². The zero-order chi connectivity index (χ0) is 30.6. The van der Waals surface area contributed by atoms with E-state index in [2.05, 4.69) is 74.6 Å². The van der Waals surface area contributed by atoms with Gasteiger partial charge in [0.15, 0.2) is 0 Å². The zero-order valence-corrected chi connectivity index (χ0v) is 27.5. The largest absolute Gasteiger partial charge is 0.457 e. The van der Waals surface area contributed by atoms with E-state index >= 15 is 0 Å². The third-order valence-electron chi connectivity index (χ3n) is 7.08. The molecule has 0 heterocycles. The lowest BCUT2D eigenvalue weighted by atomic mass is 10.1. The SMILES string of the molecule is CC/C=C\C/C=C\C/C=C\CCCCCC(=O)OC(CO)COCCCCCCCC/C=C\C/C=C\CCCCCC. The Balaban J connectivity index is 3.54. The van der Waals surface area contributed by atoms with Crippen molar-refractivity contribution in [1.29, 1.82) is 0 Å². The molecule has 0 radical (unpaired) electrons. The third kappa shape index (κ3) is 32.6. The van der Waals surface area contributed by atoms with E-state index in [1.807, 2.05) is 0 Å². The predicted molar refractivity (Wildman–Crippen MR) is 182 cm³/mol. The van der Waals surface area contributed by atoms with Gasteiger partial charge in [-0.05, 0) is 77.0 Å². The lowest BCUT2D eigenvalue weighted by molar-refractivity contribution is -0.154. The van der Waals surface area contributed by atoms with Crippen molar-refractivity contribution >= 4 is 5.97 Å². The number of hydrogen-bond donors (Lipinski definition) is 1. The number of carbonyl (C=O) groups excluding carboxylic acids is 1. The molecule has 0 aromatic rings. The molecule has 0 fully saturated rings. The molecule has 0 amide bonds. The number of allylic oxidation sites excluding steroid dienone is 10. The molecule has 1 atom stereocenters. The van der Waals surface area contributed by atoms with Crippen molar-refractivity contribution in [3.8, 4) is 0 Å². The molecule has 42 heavy (non-hydrogen) atoms. The van der Waals surface area contributed by atoms with Gasteiger partial charge in [-0.3, -0.25) is 4.79 Å². The summed E-state index contributed by atoms with van der Waals surface area (Å²) in [5, 5.41) is 9.53.